The second-order valence-corrected chi connectivity index (χ2v) is 8.12. The number of hydrogen-bond acceptors (Lipinski definition) is 2. The summed E-state index contributed by atoms with van der Waals surface area (Å²) < 4.78 is 5.75. The Balaban J connectivity index is 1.37. The number of hydrogen-bond donors (Lipinski definition) is 1. The fourth-order valence-electron chi connectivity index (χ4n) is 5.21. The Labute approximate surface area is 142 Å². The molecule has 0 spiro atoms. The van der Waals surface area contributed by atoms with E-state index in [0.717, 1.165) is 11.8 Å². The molecule has 0 heterocycles. The summed E-state index contributed by atoms with van der Waals surface area (Å²) in [5.41, 5.74) is 0. The maximum atomic E-state index is 12.5. The van der Waals surface area contributed by atoms with E-state index < -0.39 is 6.10 Å². The molecule has 0 aliphatic heterocycles. The molecule has 1 amide bonds. The van der Waals surface area contributed by atoms with Crippen LogP contribution in [0.1, 0.15) is 39.0 Å². The van der Waals surface area contributed by atoms with Crippen molar-refractivity contribution < 1.29 is 9.53 Å². The molecule has 4 aliphatic carbocycles. The van der Waals surface area contributed by atoms with Crippen LogP contribution in [0.3, 0.4) is 0 Å². The summed E-state index contributed by atoms with van der Waals surface area (Å²) in [6.45, 7) is 1.82. The van der Waals surface area contributed by atoms with Gasteiger partial charge in [-0.25, -0.2) is 0 Å². The molecular formula is C19H24ClNO2. The van der Waals surface area contributed by atoms with Crippen LogP contribution in [-0.2, 0) is 4.79 Å². The molecule has 0 unspecified atom stereocenters. The number of carbonyl (C=O) groups is 1. The lowest BCUT2D eigenvalue weighted by molar-refractivity contribution is -0.131. The summed E-state index contributed by atoms with van der Waals surface area (Å²) in [4.78, 5) is 12.5. The van der Waals surface area contributed by atoms with Gasteiger partial charge < -0.3 is 10.1 Å². The molecule has 4 fully saturated rings. The molecule has 4 heteroatoms. The highest BCUT2D eigenvalue weighted by Crippen LogP contribution is 2.53. The first-order chi connectivity index (χ1) is 11.1. The third kappa shape index (κ3) is 3.08. The highest BCUT2D eigenvalue weighted by molar-refractivity contribution is 6.30. The lowest BCUT2D eigenvalue weighted by atomic mass is 9.54. The summed E-state index contributed by atoms with van der Waals surface area (Å²) in [7, 11) is 0. The average Bonchev–Trinajstić information content (AvgIpc) is 2.52. The van der Waals surface area contributed by atoms with E-state index in [-0.39, 0.29) is 5.91 Å². The molecule has 3 nitrogen and oxygen atoms in total. The van der Waals surface area contributed by atoms with Gasteiger partial charge in [-0.2, -0.15) is 0 Å². The monoisotopic (exact) mass is 333 g/mol. The van der Waals surface area contributed by atoms with Crippen LogP contribution in [-0.4, -0.2) is 18.1 Å². The Morgan fingerprint density at radius 2 is 1.65 bits per heavy atom. The maximum Gasteiger partial charge on any atom is 0.261 e. The van der Waals surface area contributed by atoms with Crippen molar-refractivity contribution in [2.24, 2.45) is 23.7 Å². The average molecular weight is 334 g/mol. The van der Waals surface area contributed by atoms with Crippen LogP contribution in [0.2, 0.25) is 5.02 Å². The SMILES string of the molecule is C[C@H](Oc1ccc(Cl)cc1)C(=O)NC1C2CC3CC(C2)CC1C3. The molecule has 23 heavy (non-hydrogen) atoms. The van der Waals surface area contributed by atoms with E-state index in [4.69, 9.17) is 16.3 Å². The number of halogens is 1. The molecule has 1 aromatic rings. The minimum Gasteiger partial charge on any atom is -0.481 e. The van der Waals surface area contributed by atoms with Crippen LogP contribution in [0.15, 0.2) is 24.3 Å². The normalized spacial score (nSPS) is 35.8. The number of rotatable bonds is 4. The van der Waals surface area contributed by atoms with Crippen LogP contribution >= 0.6 is 11.6 Å². The molecule has 0 aromatic heterocycles. The molecule has 1 N–H and O–H groups in total. The van der Waals surface area contributed by atoms with Gasteiger partial charge in [0.05, 0.1) is 0 Å². The van der Waals surface area contributed by atoms with Gasteiger partial charge in [0.1, 0.15) is 5.75 Å². The van der Waals surface area contributed by atoms with Crippen LogP contribution in [0, 0.1) is 23.7 Å². The second kappa shape index (κ2) is 6.01. The second-order valence-electron chi connectivity index (χ2n) is 7.68. The van der Waals surface area contributed by atoms with Crippen LogP contribution in [0.5, 0.6) is 5.75 Å². The van der Waals surface area contributed by atoms with E-state index in [1.165, 1.54) is 32.1 Å². The van der Waals surface area contributed by atoms with E-state index in [0.29, 0.717) is 28.6 Å². The van der Waals surface area contributed by atoms with Gasteiger partial charge in [0.15, 0.2) is 6.10 Å². The number of ether oxygens (including phenoxy) is 1. The van der Waals surface area contributed by atoms with Crippen molar-refractivity contribution in [3.63, 3.8) is 0 Å². The molecule has 4 aliphatic rings. The van der Waals surface area contributed by atoms with Gasteiger partial charge in [-0.05, 0) is 87.0 Å². The zero-order valence-corrected chi connectivity index (χ0v) is 14.3. The summed E-state index contributed by atoms with van der Waals surface area (Å²) in [6.07, 6.45) is 6.20. The van der Waals surface area contributed by atoms with Gasteiger partial charge in [-0.3, -0.25) is 4.79 Å². The predicted octanol–water partition coefficient (Wildman–Crippen LogP) is 4.05. The third-order valence-corrected chi connectivity index (χ3v) is 6.28. The fourth-order valence-corrected chi connectivity index (χ4v) is 5.34. The Morgan fingerprint density at radius 1 is 1.09 bits per heavy atom. The summed E-state index contributed by atoms with van der Waals surface area (Å²) in [6, 6.07) is 7.52. The highest BCUT2D eigenvalue weighted by Gasteiger charge is 2.48. The molecular weight excluding hydrogens is 310 g/mol. The topological polar surface area (TPSA) is 38.3 Å². The number of nitrogens with one attached hydrogen (secondary N) is 1. The molecule has 1 atom stereocenters. The van der Waals surface area contributed by atoms with E-state index in [9.17, 15) is 4.79 Å². The zero-order chi connectivity index (χ0) is 16.0. The number of amides is 1. The van der Waals surface area contributed by atoms with Crippen molar-refractivity contribution in [3.8, 4) is 5.75 Å². The number of benzene rings is 1. The molecule has 4 bridgehead atoms. The van der Waals surface area contributed by atoms with Gasteiger partial charge in [-0.1, -0.05) is 11.6 Å². The first kappa shape index (κ1) is 15.3. The minimum absolute atomic E-state index is 0.0115. The Bertz CT molecular complexity index is 558. The standard InChI is InChI=1S/C19H24ClNO2/c1-11(23-17-4-2-16(20)3-5-17)19(22)21-18-14-7-12-6-13(9-14)10-15(18)8-12/h2-5,11-15,18H,6-10H2,1H3,(H,21,22)/t11-,12?,13?,14?,15?,18?/m0/s1. The van der Waals surface area contributed by atoms with Gasteiger partial charge in [-0.15, -0.1) is 0 Å². The van der Waals surface area contributed by atoms with Gasteiger partial charge in [0.2, 0.25) is 0 Å². The largest absolute Gasteiger partial charge is 0.481 e. The van der Waals surface area contributed by atoms with Crippen LogP contribution < -0.4 is 10.1 Å². The fraction of sp³-hybridized carbons (Fsp3) is 0.632. The minimum atomic E-state index is -0.478. The van der Waals surface area contributed by atoms with Crippen molar-refractivity contribution in [1.82, 2.24) is 5.32 Å². The van der Waals surface area contributed by atoms with E-state index in [2.05, 4.69) is 5.32 Å². The van der Waals surface area contributed by atoms with Crippen molar-refractivity contribution in [2.75, 3.05) is 0 Å². The van der Waals surface area contributed by atoms with Gasteiger partial charge >= 0.3 is 0 Å². The molecule has 0 radical (unpaired) electrons. The lowest BCUT2D eigenvalue weighted by Gasteiger charge is -2.54. The zero-order valence-electron chi connectivity index (χ0n) is 13.5. The Morgan fingerprint density at radius 3 is 2.22 bits per heavy atom. The van der Waals surface area contributed by atoms with Crippen molar-refractivity contribution in [3.05, 3.63) is 29.3 Å². The summed E-state index contributed by atoms with van der Waals surface area (Å²) in [5, 5.41) is 3.97. The lowest BCUT2D eigenvalue weighted by Crippen LogP contribution is -2.57. The quantitative estimate of drug-likeness (QED) is 0.902. The molecule has 1 aromatic carbocycles. The van der Waals surface area contributed by atoms with Crippen LogP contribution in [0.4, 0.5) is 0 Å². The Hall–Kier alpha value is -1.22. The first-order valence-corrected chi connectivity index (χ1v) is 9.19. The third-order valence-electron chi connectivity index (χ3n) is 6.03. The van der Waals surface area contributed by atoms with E-state index >= 15 is 0 Å². The highest BCUT2D eigenvalue weighted by atomic mass is 35.5. The molecule has 5 rings (SSSR count). The first-order valence-electron chi connectivity index (χ1n) is 8.81. The van der Waals surface area contributed by atoms with Crippen molar-refractivity contribution in [1.29, 1.82) is 0 Å². The van der Waals surface area contributed by atoms with E-state index in [1.54, 1.807) is 24.3 Å². The predicted molar refractivity (Wildman–Crippen MR) is 90.5 cm³/mol. The van der Waals surface area contributed by atoms with Crippen molar-refractivity contribution in [2.45, 2.75) is 51.2 Å². The summed E-state index contributed by atoms with van der Waals surface area (Å²) >= 11 is 5.87. The van der Waals surface area contributed by atoms with E-state index in [1.807, 2.05) is 6.92 Å². The van der Waals surface area contributed by atoms with Crippen molar-refractivity contribution >= 4 is 17.5 Å². The molecule has 124 valence electrons. The molecule has 0 saturated heterocycles. The van der Waals surface area contributed by atoms with Gasteiger partial charge in [0, 0.05) is 11.1 Å². The Kier molecular flexibility index (Phi) is 4.00. The molecule has 4 saturated carbocycles. The maximum absolute atomic E-state index is 12.5. The number of carbonyl (C=O) groups excluding carboxylic acids is 1. The summed E-state index contributed by atoms with van der Waals surface area (Å²) in [5.74, 6) is 3.93. The van der Waals surface area contributed by atoms with Gasteiger partial charge in [0.25, 0.3) is 5.91 Å². The van der Waals surface area contributed by atoms with Crippen LogP contribution in [0.25, 0.3) is 0 Å². The smallest absolute Gasteiger partial charge is 0.261 e.